The molecule has 1 amide bonds. The van der Waals surface area contributed by atoms with E-state index >= 15 is 4.39 Å². The van der Waals surface area contributed by atoms with Crippen LogP contribution in [0.25, 0.3) is 0 Å². The van der Waals surface area contributed by atoms with Crippen LogP contribution in [0.3, 0.4) is 0 Å². The third-order valence-electron chi connectivity index (χ3n) is 5.76. The fourth-order valence-corrected chi connectivity index (χ4v) is 5.05. The summed E-state index contributed by atoms with van der Waals surface area (Å²) in [6, 6.07) is 9.43. The lowest BCUT2D eigenvalue weighted by molar-refractivity contribution is -0.0543. The highest BCUT2D eigenvalue weighted by atomic mass is 32.2. The van der Waals surface area contributed by atoms with Gasteiger partial charge in [0, 0.05) is 35.5 Å². The Morgan fingerprint density at radius 3 is 3.00 bits per heavy atom. The van der Waals surface area contributed by atoms with Crippen molar-refractivity contribution >= 4 is 28.5 Å². The first-order valence-corrected chi connectivity index (χ1v) is 11.0. The summed E-state index contributed by atoms with van der Waals surface area (Å²) in [5.74, 6) is -0.165. The summed E-state index contributed by atoms with van der Waals surface area (Å²) in [7, 11) is 0. The summed E-state index contributed by atoms with van der Waals surface area (Å²) >= 11 is 1.45. The third-order valence-corrected chi connectivity index (χ3v) is 6.72. The molecular formula is C22H22FN5O2S. The smallest absolute Gasteiger partial charge is 0.274 e. The van der Waals surface area contributed by atoms with Crippen LogP contribution in [0.5, 0.6) is 0 Å². The largest absolute Gasteiger partial charge is 0.379 e. The maximum absolute atomic E-state index is 15.1. The number of aliphatic imine (C=N–C) groups is 1. The molecule has 9 heteroatoms. The summed E-state index contributed by atoms with van der Waals surface area (Å²) in [5.41, 5.74) is 6.61. The summed E-state index contributed by atoms with van der Waals surface area (Å²) in [5, 5.41) is 12.1. The first kappa shape index (κ1) is 21.3. The molecule has 1 aromatic carbocycles. The van der Waals surface area contributed by atoms with Crippen LogP contribution in [0.2, 0.25) is 0 Å². The summed E-state index contributed by atoms with van der Waals surface area (Å²) in [4.78, 5) is 21.3. The Morgan fingerprint density at radius 2 is 2.29 bits per heavy atom. The van der Waals surface area contributed by atoms with E-state index in [1.54, 1.807) is 6.07 Å². The Hall–Kier alpha value is -2.96. The molecule has 0 unspecified atom stereocenters. The van der Waals surface area contributed by atoms with Gasteiger partial charge in [0.2, 0.25) is 0 Å². The van der Waals surface area contributed by atoms with E-state index in [-0.39, 0.29) is 23.5 Å². The number of ether oxygens (including phenoxy) is 1. The number of amides is 1. The second kappa shape index (κ2) is 8.65. The molecule has 0 radical (unpaired) electrons. The van der Waals surface area contributed by atoms with Crippen molar-refractivity contribution in [2.75, 3.05) is 17.7 Å². The van der Waals surface area contributed by atoms with Crippen LogP contribution in [-0.4, -0.2) is 34.5 Å². The lowest BCUT2D eigenvalue weighted by Gasteiger charge is -2.46. The number of benzene rings is 1. The number of aromatic nitrogens is 1. The zero-order valence-electron chi connectivity index (χ0n) is 17.0. The molecule has 4 rings (SSSR count). The summed E-state index contributed by atoms with van der Waals surface area (Å²) in [6.07, 6.45) is 2.61. The highest BCUT2D eigenvalue weighted by Crippen LogP contribution is 2.48. The average Bonchev–Trinajstić information content (AvgIpc) is 2.79. The molecule has 160 valence electrons. The van der Waals surface area contributed by atoms with Crippen molar-refractivity contribution < 1.29 is 13.9 Å². The van der Waals surface area contributed by atoms with Crippen LogP contribution in [0.1, 0.15) is 41.4 Å². The Bertz CT molecular complexity index is 1070. The van der Waals surface area contributed by atoms with Crippen molar-refractivity contribution in [3.8, 4) is 6.07 Å². The van der Waals surface area contributed by atoms with Gasteiger partial charge in [-0.1, -0.05) is 18.7 Å². The number of nitrogens with one attached hydrogen (secondary N) is 1. The van der Waals surface area contributed by atoms with Crippen LogP contribution in [0.15, 0.2) is 41.5 Å². The number of carbonyl (C=O) groups is 1. The summed E-state index contributed by atoms with van der Waals surface area (Å²) < 4.78 is 21.1. The number of pyridine rings is 1. The van der Waals surface area contributed by atoms with E-state index in [9.17, 15) is 4.79 Å². The van der Waals surface area contributed by atoms with E-state index in [0.717, 1.165) is 6.42 Å². The van der Waals surface area contributed by atoms with Gasteiger partial charge in [-0.05, 0) is 36.8 Å². The van der Waals surface area contributed by atoms with Gasteiger partial charge in [0.15, 0.2) is 5.17 Å². The van der Waals surface area contributed by atoms with Crippen molar-refractivity contribution in [2.45, 2.75) is 31.4 Å². The van der Waals surface area contributed by atoms with Crippen molar-refractivity contribution in [1.82, 2.24) is 4.98 Å². The van der Waals surface area contributed by atoms with Crippen LogP contribution in [0, 0.1) is 23.1 Å². The number of hydrogen-bond acceptors (Lipinski definition) is 7. The molecule has 1 fully saturated rings. The lowest BCUT2D eigenvalue weighted by Crippen LogP contribution is -2.49. The van der Waals surface area contributed by atoms with Gasteiger partial charge in [-0.2, -0.15) is 5.26 Å². The molecule has 1 aromatic heterocycles. The number of nitriles is 1. The molecule has 3 N–H and O–H groups in total. The number of nitrogens with zero attached hydrogens (tertiary/aromatic N) is 3. The quantitative estimate of drug-likeness (QED) is 0.755. The number of amidine groups is 1. The van der Waals surface area contributed by atoms with E-state index in [0.29, 0.717) is 40.8 Å². The predicted molar refractivity (Wildman–Crippen MR) is 117 cm³/mol. The van der Waals surface area contributed by atoms with E-state index in [1.165, 1.54) is 42.2 Å². The molecule has 0 saturated carbocycles. The van der Waals surface area contributed by atoms with E-state index in [2.05, 4.69) is 10.3 Å². The molecule has 0 bridgehead atoms. The van der Waals surface area contributed by atoms with Crippen molar-refractivity contribution in [1.29, 1.82) is 5.26 Å². The molecular weight excluding hydrogens is 417 g/mol. The monoisotopic (exact) mass is 439 g/mol. The molecule has 2 aliphatic heterocycles. The lowest BCUT2D eigenvalue weighted by atomic mass is 9.73. The molecule has 3 heterocycles. The first-order chi connectivity index (χ1) is 14.9. The van der Waals surface area contributed by atoms with Crippen LogP contribution in [0.4, 0.5) is 10.1 Å². The Labute approximate surface area is 183 Å². The standard InChI is InChI=1S/C22H22FN5O2S/c1-2-16-8-22(14(11-30-16)12-31-21(25)28-22)17-7-15(4-5-18(17)23)27-20(29)19-6-3-13(9-24)10-26-19/h3-7,10,14,16H,2,8,11-12H2,1H3,(H2,25,28)(H,27,29)/t14-,16-,22-/m0/s1. The number of halogens is 1. The van der Waals surface area contributed by atoms with Crippen molar-refractivity contribution in [3.63, 3.8) is 0 Å². The number of rotatable bonds is 4. The number of fused-ring (bicyclic) bond motifs is 1. The number of thioether (sulfide) groups is 1. The van der Waals surface area contributed by atoms with Gasteiger partial charge in [0.25, 0.3) is 5.91 Å². The number of nitrogens with two attached hydrogens (primary N) is 1. The average molecular weight is 440 g/mol. The van der Waals surface area contributed by atoms with Crippen LogP contribution < -0.4 is 11.1 Å². The van der Waals surface area contributed by atoms with Gasteiger partial charge >= 0.3 is 0 Å². The second-order valence-corrected chi connectivity index (χ2v) is 8.68. The molecule has 0 aliphatic carbocycles. The van der Waals surface area contributed by atoms with Crippen molar-refractivity contribution in [3.05, 3.63) is 59.2 Å². The molecule has 2 aromatic rings. The number of carbonyl (C=O) groups excluding carboxylic acids is 1. The predicted octanol–water partition coefficient (Wildman–Crippen LogP) is 3.42. The minimum Gasteiger partial charge on any atom is -0.379 e. The number of anilines is 1. The minimum atomic E-state index is -0.828. The van der Waals surface area contributed by atoms with Gasteiger partial charge in [-0.3, -0.25) is 9.79 Å². The SMILES string of the molecule is CC[C@H]1C[C@]2(c3cc(NC(=O)c4ccc(C#N)cn4)ccc3F)N=C(N)SC[C@@H]2CO1. The maximum atomic E-state index is 15.1. The molecule has 7 nitrogen and oxygen atoms in total. The normalized spacial score (nSPS) is 25.1. The van der Waals surface area contributed by atoms with E-state index in [4.69, 9.17) is 20.7 Å². The van der Waals surface area contributed by atoms with E-state index < -0.39 is 11.4 Å². The maximum Gasteiger partial charge on any atom is 0.274 e. The van der Waals surface area contributed by atoms with Crippen LogP contribution in [-0.2, 0) is 10.3 Å². The molecule has 3 atom stereocenters. The minimum absolute atomic E-state index is 0.0201. The van der Waals surface area contributed by atoms with Gasteiger partial charge < -0.3 is 15.8 Å². The molecule has 1 saturated heterocycles. The van der Waals surface area contributed by atoms with Gasteiger partial charge in [0.05, 0.1) is 23.8 Å². The summed E-state index contributed by atoms with van der Waals surface area (Å²) in [6.45, 7) is 2.51. The zero-order valence-corrected chi connectivity index (χ0v) is 17.8. The fraction of sp³-hybridized carbons (Fsp3) is 0.364. The fourth-order valence-electron chi connectivity index (χ4n) is 4.08. The van der Waals surface area contributed by atoms with E-state index in [1.807, 2.05) is 13.0 Å². The van der Waals surface area contributed by atoms with Gasteiger partial charge in [0.1, 0.15) is 17.6 Å². The molecule has 0 spiro atoms. The highest BCUT2D eigenvalue weighted by molar-refractivity contribution is 8.13. The van der Waals surface area contributed by atoms with Crippen LogP contribution >= 0.6 is 11.8 Å². The van der Waals surface area contributed by atoms with Gasteiger partial charge in [-0.25, -0.2) is 9.37 Å². The first-order valence-electron chi connectivity index (χ1n) is 10.0. The second-order valence-electron chi connectivity index (χ2n) is 7.64. The van der Waals surface area contributed by atoms with Gasteiger partial charge in [-0.15, -0.1) is 0 Å². The number of hydrogen-bond donors (Lipinski definition) is 2. The zero-order chi connectivity index (χ0) is 22.0. The highest BCUT2D eigenvalue weighted by Gasteiger charge is 2.49. The topological polar surface area (TPSA) is 113 Å². The Kier molecular flexibility index (Phi) is 5.94. The Morgan fingerprint density at radius 1 is 1.45 bits per heavy atom. The molecule has 31 heavy (non-hydrogen) atoms. The third kappa shape index (κ3) is 4.13. The van der Waals surface area contributed by atoms with Crippen molar-refractivity contribution in [2.24, 2.45) is 16.6 Å². The Balaban J connectivity index is 1.68. The molecule has 2 aliphatic rings.